The topological polar surface area (TPSA) is 88.0 Å². The Labute approximate surface area is 188 Å². The highest BCUT2D eigenvalue weighted by Crippen LogP contribution is 2.34. The number of imidazole rings is 1. The van der Waals surface area contributed by atoms with Crippen molar-refractivity contribution in [2.45, 2.75) is 12.1 Å². The zero-order chi connectivity index (χ0) is 21.7. The fraction of sp³-hybridized carbons (Fsp3) is 0.130. The first-order valence-electron chi connectivity index (χ1n) is 10.2. The Kier molecular flexibility index (Phi) is 4.32. The van der Waals surface area contributed by atoms with Crippen LogP contribution in [0.15, 0.2) is 73.3 Å². The molecule has 1 saturated heterocycles. The predicted molar refractivity (Wildman–Crippen MR) is 121 cm³/mol. The Balaban J connectivity index is 1.46. The maximum atomic E-state index is 12.5. The molecule has 1 fully saturated rings. The maximum Gasteiger partial charge on any atom is 0.323 e. The van der Waals surface area contributed by atoms with Gasteiger partial charge < -0.3 is 15.2 Å². The first-order chi connectivity index (χ1) is 15.7. The molecule has 6 rings (SSSR count). The van der Waals surface area contributed by atoms with E-state index >= 15 is 0 Å². The number of fused-ring (bicyclic) bond motifs is 7. The van der Waals surface area contributed by atoms with Crippen LogP contribution in [0, 0.1) is 0 Å². The van der Waals surface area contributed by atoms with Gasteiger partial charge in [0.2, 0.25) is 5.95 Å². The second-order valence-electron chi connectivity index (χ2n) is 7.74. The van der Waals surface area contributed by atoms with Crippen molar-refractivity contribution in [2.24, 2.45) is 0 Å². The second kappa shape index (κ2) is 7.35. The van der Waals surface area contributed by atoms with E-state index in [1.807, 2.05) is 53.2 Å². The van der Waals surface area contributed by atoms with Gasteiger partial charge >= 0.3 is 6.03 Å². The number of aromatic nitrogens is 4. The molecular weight excluding hydrogens is 426 g/mol. The molecule has 0 unspecified atom stereocenters. The molecule has 32 heavy (non-hydrogen) atoms. The maximum absolute atomic E-state index is 12.5. The number of carbonyl (C=O) groups excluding carboxylic acids is 1. The van der Waals surface area contributed by atoms with E-state index in [0.717, 1.165) is 22.5 Å². The van der Waals surface area contributed by atoms with Gasteiger partial charge in [0.1, 0.15) is 5.82 Å². The van der Waals surface area contributed by atoms with Crippen LogP contribution in [0.5, 0.6) is 0 Å². The molecule has 2 amide bonds. The lowest BCUT2D eigenvalue weighted by atomic mass is 9.97. The van der Waals surface area contributed by atoms with Crippen molar-refractivity contribution in [2.75, 3.05) is 16.8 Å². The van der Waals surface area contributed by atoms with Gasteiger partial charge in [-0.05, 0) is 41.5 Å². The number of anilines is 2. The molecule has 2 N–H and O–H groups in total. The number of amides is 2. The Hall–Kier alpha value is -3.91. The second-order valence-corrected chi connectivity index (χ2v) is 8.18. The number of hydrogen-bond acceptors (Lipinski definition) is 5. The molecule has 9 heteroatoms. The number of halogens is 1. The molecule has 158 valence electrons. The largest absolute Gasteiger partial charge is 0.342 e. The third-order valence-corrected chi connectivity index (χ3v) is 6.04. The summed E-state index contributed by atoms with van der Waals surface area (Å²) in [4.78, 5) is 27.9. The minimum absolute atomic E-state index is 0.143. The molecule has 0 radical (unpaired) electrons. The Bertz CT molecular complexity index is 1320. The number of nitrogens with zero attached hydrogens (tertiary/aromatic N) is 5. The first-order valence-corrected chi connectivity index (χ1v) is 10.6. The highest BCUT2D eigenvalue weighted by molar-refractivity contribution is 6.30. The van der Waals surface area contributed by atoms with Crippen LogP contribution >= 0.6 is 11.6 Å². The molecule has 2 atom stereocenters. The van der Waals surface area contributed by atoms with Gasteiger partial charge in [-0.15, -0.1) is 0 Å². The van der Waals surface area contributed by atoms with Crippen molar-refractivity contribution in [3.63, 3.8) is 0 Å². The Morgan fingerprint density at radius 2 is 1.88 bits per heavy atom. The number of nitrogens with one attached hydrogen (secondary N) is 2. The highest BCUT2D eigenvalue weighted by atomic mass is 35.5. The third kappa shape index (κ3) is 3.16. The molecule has 0 saturated carbocycles. The van der Waals surface area contributed by atoms with Gasteiger partial charge in [-0.1, -0.05) is 35.9 Å². The summed E-state index contributed by atoms with van der Waals surface area (Å²) in [5.74, 6) is 0.986. The number of carbonyl (C=O) groups is 1. The van der Waals surface area contributed by atoms with Crippen LogP contribution in [0.3, 0.4) is 0 Å². The Morgan fingerprint density at radius 3 is 2.75 bits per heavy atom. The molecule has 2 aromatic carbocycles. The van der Waals surface area contributed by atoms with E-state index in [4.69, 9.17) is 11.6 Å². The number of benzene rings is 2. The van der Waals surface area contributed by atoms with E-state index < -0.39 is 0 Å². The highest BCUT2D eigenvalue weighted by Gasteiger charge is 2.35. The van der Waals surface area contributed by atoms with E-state index in [0.29, 0.717) is 23.3 Å². The van der Waals surface area contributed by atoms with Gasteiger partial charge in [0.05, 0.1) is 24.1 Å². The van der Waals surface area contributed by atoms with Crippen LogP contribution in [-0.4, -0.2) is 32.1 Å². The SMILES string of the molecule is O=C1NC[C@@H]2c3cccc(c3)[C@@H](c3cn(-c4ccc(Cl)cc4)cn3)Nc3nccc(n3)N12. The molecule has 8 nitrogen and oxygen atoms in total. The smallest absolute Gasteiger partial charge is 0.323 e. The lowest BCUT2D eigenvalue weighted by molar-refractivity contribution is 0.251. The molecule has 2 aliphatic rings. The molecule has 2 aliphatic heterocycles. The summed E-state index contributed by atoms with van der Waals surface area (Å²) in [5.41, 5.74) is 3.83. The van der Waals surface area contributed by atoms with Gasteiger partial charge in [0.25, 0.3) is 0 Å². The third-order valence-electron chi connectivity index (χ3n) is 5.79. The van der Waals surface area contributed by atoms with Gasteiger partial charge in [0.15, 0.2) is 0 Å². The molecule has 2 aromatic heterocycles. The van der Waals surface area contributed by atoms with E-state index in [9.17, 15) is 4.79 Å². The van der Waals surface area contributed by atoms with Crippen molar-refractivity contribution in [3.05, 3.63) is 95.2 Å². The van der Waals surface area contributed by atoms with E-state index in [2.05, 4.69) is 31.7 Å². The van der Waals surface area contributed by atoms with Crippen LogP contribution in [0.2, 0.25) is 5.02 Å². The van der Waals surface area contributed by atoms with Crippen molar-refractivity contribution < 1.29 is 4.79 Å². The molecule has 4 aromatic rings. The molecule has 0 spiro atoms. The Morgan fingerprint density at radius 1 is 1.03 bits per heavy atom. The molecule has 4 heterocycles. The first kappa shape index (κ1) is 18.8. The van der Waals surface area contributed by atoms with E-state index in [1.54, 1.807) is 23.5 Å². The van der Waals surface area contributed by atoms with E-state index in [-0.39, 0.29) is 18.1 Å². The number of rotatable bonds is 2. The molecule has 0 aliphatic carbocycles. The summed E-state index contributed by atoms with van der Waals surface area (Å²) in [6.07, 6.45) is 5.42. The van der Waals surface area contributed by atoms with Crippen molar-refractivity contribution in [1.82, 2.24) is 24.8 Å². The lowest BCUT2D eigenvalue weighted by Gasteiger charge is -2.26. The van der Waals surface area contributed by atoms with Crippen LogP contribution in [0.4, 0.5) is 16.6 Å². The lowest BCUT2D eigenvalue weighted by Crippen LogP contribution is -2.31. The van der Waals surface area contributed by atoms with Crippen molar-refractivity contribution in [3.8, 4) is 5.69 Å². The van der Waals surface area contributed by atoms with Crippen LogP contribution in [0.25, 0.3) is 5.69 Å². The summed E-state index contributed by atoms with van der Waals surface area (Å²) in [6.45, 7) is 0.519. The fourth-order valence-corrected chi connectivity index (χ4v) is 4.36. The summed E-state index contributed by atoms with van der Waals surface area (Å²) >= 11 is 6.03. The summed E-state index contributed by atoms with van der Waals surface area (Å²) in [7, 11) is 0. The predicted octanol–water partition coefficient (Wildman–Crippen LogP) is 4.10. The molecule has 4 bridgehead atoms. The van der Waals surface area contributed by atoms with Crippen LogP contribution < -0.4 is 15.5 Å². The standard InChI is InChI=1S/C23H18ClN7O/c24-16-4-6-17(7-5-16)30-12-18(27-13-30)21-15-3-1-2-14(10-15)19-11-26-23(32)31(19)20-8-9-25-22(28-20)29-21/h1-10,12-13,19,21H,11H2,(H,26,32)(H,25,28,29)/t19-,21+/m1/s1. The quantitative estimate of drug-likeness (QED) is 0.487. The van der Waals surface area contributed by atoms with Gasteiger partial charge in [0, 0.05) is 29.6 Å². The van der Waals surface area contributed by atoms with Gasteiger partial charge in [-0.2, -0.15) is 4.98 Å². The average Bonchev–Trinajstić information content (AvgIpc) is 3.45. The average molecular weight is 444 g/mol. The van der Waals surface area contributed by atoms with Crippen molar-refractivity contribution in [1.29, 1.82) is 0 Å². The summed E-state index contributed by atoms with van der Waals surface area (Å²) in [6, 6.07) is 17.0. The van der Waals surface area contributed by atoms with Gasteiger partial charge in [-0.25, -0.2) is 14.8 Å². The van der Waals surface area contributed by atoms with E-state index in [1.165, 1.54) is 0 Å². The molecular formula is C23H18ClN7O. The fourth-order valence-electron chi connectivity index (χ4n) is 4.23. The normalized spacial score (nSPS) is 19.2. The van der Waals surface area contributed by atoms with Crippen molar-refractivity contribution >= 4 is 29.4 Å². The number of hydrogen-bond donors (Lipinski definition) is 2. The summed E-state index contributed by atoms with van der Waals surface area (Å²) in [5, 5.41) is 7.02. The number of urea groups is 1. The zero-order valence-electron chi connectivity index (χ0n) is 16.8. The van der Waals surface area contributed by atoms with Crippen LogP contribution in [-0.2, 0) is 0 Å². The minimum Gasteiger partial charge on any atom is -0.342 e. The summed E-state index contributed by atoms with van der Waals surface area (Å²) < 4.78 is 1.95. The van der Waals surface area contributed by atoms with Gasteiger partial charge in [-0.3, -0.25) is 4.90 Å². The minimum atomic E-state index is -0.268. The zero-order valence-corrected chi connectivity index (χ0v) is 17.6. The van der Waals surface area contributed by atoms with Crippen LogP contribution in [0.1, 0.15) is 28.9 Å². The monoisotopic (exact) mass is 443 g/mol.